The molecule has 1 aromatic rings. The minimum Gasteiger partial charge on any atom is -0.366 e. The summed E-state index contributed by atoms with van der Waals surface area (Å²) in [5.41, 5.74) is 6.37. The van der Waals surface area contributed by atoms with E-state index in [2.05, 4.69) is 86.2 Å². The van der Waals surface area contributed by atoms with Crippen LogP contribution in [0.3, 0.4) is 0 Å². The zero-order valence-electron chi connectivity index (χ0n) is 8.24. The number of nitrogens with two attached hydrogens (primary N) is 1. The fourth-order valence-corrected chi connectivity index (χ4v) is 4.26. The maximum Gasteiger partial charge on any atom is 0.245 e. The van der Waals surface area contributed by atoms with E-state index >= 15 is 0 Å². The highest BCUT2D eigenvalue weighted by molar-refractivity contribution is 9.15. The van der Waals surface area contributed by atoms with Crippen LogP contribution in [0.5, 0.6) is 0 Å². The SMILES string of the molecule is C=C(C(N)=O)C(Br)c1cc(Br)c(Br)c(Br)c1Br. The second-order valence-electron chi connectivity index (χ2n) is 3.14. The van der Waals surface area contributed by atoms with Gasteiger partial charge in [0.25, 0.3) is 0 Å². The van der Waals surface area contributed by atoms with Crippen molar-refractivity contribution in [2.24, 2.45) is 5.73 Å². The van der Waals surface area contributed by atoms with Gasteiger partial charge in [-0.1, -0.05) is 22.5 Å². The number of alkyl halides is 1. The van der Waals surface area contributed by atoms with Crippen LogP contribution in [-0.2, 0) is 4.79 Å². The van der Waals surface area contributed by atoms with Crippen LogP contribution in [0, 0.1) is 0 Å². The van der Waals surface area contributed by atoms with E-state index in [4.69, 9.17) is 5.73 Å². The summed E-state index contributed by atoms with van der Waals surface area (Å²) < 4.78 is 3.43. The van der Waals surface area contributed by atoms with Crippen LogP contribution < -0.4 is 5.73 Å². The Morgan fingerprint density at radius 3 is 2.18 bits per heavy atom. The fourth-order valence-electron chi connectivity index (χ4n) is 1.09. The number of amides is 1. The van der Waals surface area contributed by atoms with Crippen molar-refractivity contribution in [2.75, 3.05) is 0 Å². The summed E-state index contributed by atoms with van der Waals surface area (Å²) in [5, 5.41) is 0. The van der Waals surface area contributed by atoms with Crippen molar-refractivity contribution in [2.45, 2.75) is 4.83 Å². The Bertz CT molecular complexity index is 500. The average molecular weight is 556 g/mol. The second kappa shape index (κ2) is 6.32. The summed E-state index contributed by atoms with van der Waals surface area (Å²) in [7, 11) is 0. The molecule has 0 saturated carbocycles. The zero-order chi connectivity index (χ0) is 13.3. The van der Waals surface area contributed by atoms with E-state index in [-0.39, 0.29) is 4.83 Å². The standard InChI is InChI=1S/C10H6Br5NO/c1-3(10(16)17)6(12)4-2-5(11)8(14)9(15)7(4)13/h2,6H,1H2,(H2,16,17). The Morgan fingerprint density at radius 1 is 1.18 bits per heavy atom. The Labute approximate surface area is 141 Å². The third-order valence-corrected chi connectivity index (χ3v) is 7.76. The second-order valence-corrected chi connectivity index (χ2v) is 7.29. The van der Waals surface area contributed by atoms with Crippen molar-refractivity contribution >= 4 is 85.6 Å². The number of halogens is 5. The highest BCUT2D eigenvalue weighted by Crippen LogP contribution is 2.44. The molecule has 1 rings (SSSR count). The number of hydrogen-bond acceptors (Lipinski definition) is 1. The smallest absolute Gasteiger partial charge is 0.245 e. The molecule has 0 fully saturated rings. The van der Waals surface area contributed by atoms with Gasteiger partial charge in [0.1, 0.15) is 0 Å². The molecule has 0 heterocycles. The molecule has 17 heavy (non-hydrogen) atoms. The summed E-state index contributed by atoms with van der Waals surface area (Å²) in [6.07, 6.45) is 0. The van der Waals surface area contributed by atoms with Gasteiger partial charge in [-0.3, -0.25) is 4.79 Å². The van der Waals surface area contributed by atoms with E-state index in [0.717, 1.165) is 23.5 Å². The Hall–Kier alpha value is 0.830. The van der Waals surface area contributed by atoms with Gasteiger partial charge in [0.05, 0.1) is 4.83 Å². The van der Waals surface area contributed by atoms with Crippen LogP contribution in [0.4, 0.5) is 0 Å². The zero-order valence-corrected chi connectivity index (χ0v) is 16.2. The quantitative estimate of drug-likeness (QED) is 0.237. The predicted octanol–water partition coefficient (Wildman–Crippen LogP) is 5.21. The van der Waals surface area contributed by atoms with E-state index < -0.39 is 5.91 Å². The summed E-state index contributed by atoms with van der Waals surface area (Å²) in [6.45, 7) is 3.67. The summed E-state index contributed by atoms with van der Waals surface area (Å²) in [5.74, 6) is -0.533. The predicted molar refractivity (Wildman–Crippen MR) is 87.2 cm³/mol. The lowest BCUT2D eigenvalue weighted by molar-refractivity contribution is -0.114. The van der Waals surface area contributed by atoms with Gasteiger partial charge < -0.3 is 5.73 Å². The van der Waals surface area contributed by atoms with Gasteiger partial charge in [-0.25, -0.2) is 0 Å². The molecule has 0 bridgehead atoms. The first-order valence-corrected chi connectivity index (χ1v) is 8.31. The Kier molecular flexibility index (Phi) is 5.91. The monoisotopic (exact) mass is 551 g/mol. The normalized spacial score (nSPS) is 12.3. The largest absolute Gasteiger partial charge is 0.366 e. The molecule has 0 radical (unpaired) electrons. The van der Waals surface area contributed by atoms with E-state index in [1.54, 1.807) is 0 Å². The molecular formula is C10H6Br5NO. The van der Waals surface area contributed by atoms with Crippen molar-refractivity contribution in [3.05, 3.63) is 41.7 Å². The van der Waals surface area contributed by atoms with Crippen molar-refractivity contribution in [1.82, 2.24) is 0 Å². The molecule has 0 saturated heterocycles. The minimum atomic E-state index is -0.533. The lowest BCUT2D eigenvalue weighted by atomic mass is 10.1. The third-order valence-electron chi connectivity index (χ3n) is 2.03. The molecule has 0 spiro atoms. The van der Waals surface area contributed by atoms with E-state index in [1.807, 2.05) is 6.07 Å². The summed E-state index contributed by atoms with van der Waals surface area (Å²) in [6, 6.07) is 1.88. The number of carbonyl (C=O) groups is 1. The van der Waals surface area contributed by atoms with E-state index in [9.17, 15) is 4.79 Å². The molecule has 7 heteroatoms. The molecule has 2 N–H and O–H groups in total. The van der Waals surface area contributed by atoms with Gasteiger partial charge in [0.2, 0.25) is 5.91 Å². The van der Waals surface area contributed by atoms with Crippen LogP contribution in [0.2, 0.25) is 0 Å². The molecular weight excluding hydrogens is 550 g/mol. The molecule has 92 valence electrons. The van der Waals surface area contributed by atoms with Crippen molar-refractivity contribution in [1.29, 1.82) is 0 Å². The van der Waals surface area contributed by atoms with Crippen LogP contribution in [0.15, 0.2) is 36.1 Å². The van der Waals surface area contributed by atoms with Crippen LogP contribution in [-0.4, -0.2) is 5.91 Å². The Morgan fingerprint density at radius 2 is 1.71 bits per heavy atom. The summed E-state index contributed by atoms with van der Waals surface area (Å²) in [4.78, 5) is 10.8. The molecule has 0 aromatic heterocycles. The highest BCUT2D eigenvalue weighted by Gasteiger charge is 2.21. The molecule has 0 aliphatic rings. The van der Waals surface area contributed by atoms with Gasteiger partial charge >= 0.3 is 0 Å². The maximum absolute atomic E-state index is 11.1. The van der Waals surface area contributed by atoms with Crippen molar-refractivity contribution < 1.29 is 4.79 Å². The fraction of sp³-hybridized carbons (Fsp3) is 0.100. The molecule has 2 nitrogen and oxygen atoms in total. The van der Waals surface area contributed by atoms with Crippen molar-refractivity contribution in [3.63, 3.8) is 0 Å². The first-order chi connectivity index (χ1) is 7.77. The molecule has 1 atom stereocenters. The molecule has 0 aliphatic carbocycles. The van der Waals surface area contributed by atoms with E-state index in [1.165, 1.54) is 0 Å². The van der Waals surface area contributed by atoms with Gasteiger partial charge in [-0.05, 0) is 75.3 Å². The number of primary amides is 1. The van der Waals surface area contributed by atoms with Gasteiger partial charge in [-0.15, -0.1) is 0 Å². The molecule has 0 aliphatic heterocycles. The third kappa shape index (κ3) is 3.43. The van der Waals surface area contributed by atoms with Gasteiger partial charge in [0, 0.05) is 23.5 Å². The number of benzene rings is 1. The van der Waals surface area contributed by atoms with Crippen LogP contribution in [0.1, 0.15) is 10.4 Å². The number of hydrogen-bond donors (Lipinski definition) is 1. The molecule has 1 amide bonds. The lowest BCUT2D eigenvalue weighted by Gasteiger charge is -2.15. The Balaban J connectivity index is 3.33. The topological polar surface area (TPSA) is 43.1 Å². The minimum absolute atomic E-state index is 0.298. The van der Waals surface area contributed by atoms with Gasteiger partial charge in [-0.2, -0.15) is 0 Å². The highest BCUT2D eigenvalue weighted by atomic mass is 79.9. The lowest BCUT2D eigenvalue weighted by Crippen LogP contribution is -2.16. The molecule has 1 unspecified atom stereocenters. The average Bonchev–Trinajstić information content (AvgIpc) is 2.29. The van der Waals surface area contributed by atoms with Gasteiger partial charge in [0.15, 0.2) is 0 Å². The van der Waals surface area contributed by atoms with Crippen LogP contribution >= 0.6 is 79.6 Å². The number of rotatable bonds is 3. The van der Waals surface area contributed by atoms with E-state index in [0.29, 0.717) is 5.57 Å². The maximum atomic E-state index is 11.1. The number of carbonyl (C=O) groups excluding carboxylic acids is 1. The summed E-state index contributed by atoms with van der Waals surface area (Å²) >= 11 is 17.2. The molecule has 1 aromatic carbocycles. The first-order valence-electron chi connectivity index (χ1n) is 4.23. The first kappa shape index (κ1) is 15.9. The van der Waals surface area contributed by atoms with Crippen molar-refractivity contribution in [3.8, 4) is 0 Å². The van der Waals surface area contributed by atoms with Crippen LogP contribution in [0.25, 0.3) is 0 Å².